The van der Waals surface area contributed by atoms with E-state index >= 15 is 0 Å². The van der Waals surface area contributed by atoms with Crippen molar-refractivity contribution in [3.8, 4) is 11.8 Å². The molecule has 0 saturated heterocycles. The van der Waals surface area contributed by atoms with E-state index in [1.165, 1.54) is 24.5 Å². The number of hydrogen-bond acceptors (Lipinski definition) is 4. The van der Waals surface area contributed by atoms with E-state index in [0.717, 1.165) is 12.1 Å². The SMILES string of the molecule is O=C(O)/C=C/c1cnc(Oc2cc(Br)cc(F)c2F)nc1. The van der Waals surface area contributed by atoms with Crippen LogP contribution in [-0.2, 0) is 4.79 Å². The molecule has 8 heteroatoms. The number of rotatable bonds is 4. The van der Waals surface area contributed by atoms with Gasteiger partial charge in [0.05, 0.1) is 0 Å². The first-order chi connectivity index (χ1) is 9.95. The van der Waals surface area contributed by atoms with E-state index < -0.39 is 17.6 Å². The third-order valence-corrected chi connectivity index (χ3v) is 2.69. The summed E-state index contributed by atoms with van der Waals surface area (Å²) in [4.78, 5) is 17.9. The van der Waals surface area contributed by atoms with Gasteiger partial charge >= 0.3 is 12.0 Å². The lowest BCUT2D eigenvalue weighted by atomic mass is 10.3. The maximum absolute atomic E-state index is 13.5. The number of benzene rings is 1. The van der Waals surface area contributed by atoms with Crippen LogP contribution < -0.4 is 4.74 Å². The molecule has 0 amide bonds. The minimum Gasteiger partial charge on any atom is -0.478 e. The smallest absolute Gasteiger partial charge is 0.328 e. The van der Waals surface area contributed by atoms with E-state index in [2.05, 4.69) is 25.9 Å². The summed E-state index contributed by atoms with van der Waals surface area (Å²) in [5.41, 5.74) is 0.422. The van der Waals surface area contributed by atoms with E-state index in [0.29, 0.717) is 10.0 Å². The highest BCUT2D eigenvalue weighted by Crippen LogP contribution is 2.28. The Hall–Kier alpha value is -2.35. The lowest BCUT2D eigenvalue weighted by Crippen LogP contribution is -1.96. The van der Waals surface area contributed by atoms with Gasteiger partial charge in [-0.3, -0.25) is 0 Å². The number of carboxylic acid groups (broad SMARTS) is 1. The highest BCUT2D eigenvalue weighted by Gasteiger charge is 2.13. The van der Waals surface area contributed by atoms with Crippen molar-refractivity contribution in [1.29, 1.82) is 0 Å². The summed E-state index contributed by atoms with van der Waals surface area (Å²) in [5.74, 6) is -3.70. The zero-order chi connectivity index (χ0) is 15.4. The molecule has 1 aromatic carbocycles. The minimum absolute atomic E-state index is 0.195. The van der Waals surface area contributed by atoms with Gasteiger partial charge in [0.2, 0.25) is 5.82 Å². The van der Waals surface area contributed by atoms with Crippen LogP contribution in [0, 0.1) is 11.6 Å². The molecule has 108 valence electrons. The van der Waals surface area contributed by atoms with Crippen LogP contribution in [0.15, 0.2) is 35.1 Å². The van der Waals surface area contributed by atoms with Crippen molar-refractivity contribution in [3.63, 3.8) is 0 Å². The summed E-state index contributed by atoms with van der Waals surface area (Å²) in [6.45, 7) is 0. The number of aliphatic carboxylic acids is 1. The van der Waals surface area contributed by atoms with Gasteiger partial charge < -0.3 is 9.84 Å². The normalized spacial score (nSPS) is 10.8. The van der Waals surface area contributed by atoms with Gasteiger partial charge in [-0.2, -0.15) is 4.39 Å². The third-order valence-electron chi connectivity index (χ3n) is 2.23. The van der Waals surface area contributed by atoms with Gasteiger partial charge in [-0.15, -0.1) is 0 Å². The van der Waals surface area contributed by atoms with E-state index in [9.17, 15) is 13.6 Å². The summed E-state index contributed by atoms with van der Waals surface area (Å²) in [5, 5.41) is 8.47. The maximum Gasteiger partial charge on any atom is 0.328 e. The second-order valence-corrected chi connectivity index (χ2v) is 4.69. The number of hydrogen-bond donors (Lipinski definition) is 1. The Kier molecular flexibility index (Phi) is 4.59. The Morgan fingerprint density at radius 3 is 2.57 bits per heavy atom. The molecule has 0 bridgehead atoms. The van der Waals surface area contributed by atoms with Gasteiger partial charge in [0.1, 0.15) is 0 Å². The number of aromatic nitrogens is 2. The molecule has 1 heterocycles. The maximum atomic E-state index is 13.5. The molecular formula is C13H7BrF2N2O3. The molecule has 1 N–H and O–H groups in total. The van der Waals surface area contributed by atoms with Crippen LogP contribution in [0.5, 0.6) is 11.8 Å². The van der Waals surface area contributed by atoms with Crippen LogP contribution in [0.4, 0.5) is 8.78 Å². The lowest BCUT2D eigenvalue weighted by molar-refractivity contribution is -0.131. The quantitative estimate of drug-likeness (QED) is 0.671. The van der Waals surface area contributed by atoms with Crippen molar-refractivity contribution in [3.05, 3.63) is 52.3 Å². The number of carbonyl (C=O) groups is 1. The van der Waals surface area contributed by atoms with E-state index in [4.69, 9.17) is 9.84 Å². The molecular weight excluding hydrogens is 350 g/mol. The van der Waals surface area contributed by atoms with Crippen LogP contribution in [0.1, 0.15) is 5.56 Å². The Bertz CT molecular complexity index is 705. The predicted molar refractivity (Wildman–Crippen MR) is 72.8 cm³/mol. The molecule has 0 aliphatic heterocycles. The second kappa shape index (κ2) is 6.40. The van der Waals surface area contributed by atoms with Gasteiger partial charge in [-0.05, 0) is 18.2 Å². The molecule has 0 radical (unpaired) electrons. The number of carboxylic acids is 1. The first-order valence-corrected chi connectivity index (χ1v) is 6.30. The summed E-state index contributed by atoms with van der Waals surface area (Å²) in [6, 6.07) is 2.00. The van der Waals surface area contributed by atoms with Crippen LogP contribution in [0.25, 0.3) is 6.08 Å². The highest BCUT2D eigenvalue weighted by molar-refractivity contribution is 9.10. The van der Waals surface area contributed by atoms with Crippen molar-refractivity contribution in [2.45, 2.75) is 0 Å². The van der Waals surface area contributed by atoms with Gasteiger partial charge in [-0.1, -0.05) is 15.9 Å². The molecule has 5 nitrogen and oxygen atoms in total. The zero-order valence-electron chi connectivity index (χ0n) is 10.3. The molecule has 2 aromatic rings. The topological polar surface area (TPSA) is 72.3 Å². The van der Waals surface area contributed by atoms with Gasteiger partial charge in [0, 0.05) is 28.5 Å². The first-order valence-electron chi connectivity index (χ1n) is 5.51. The van der Waals surface area contributed by atoms with E-state index in [1.54, 1.807) is 0 Å². The Balaban J connectivity index is 2.19. The van der Waals surface area contributed by atoms with Gasteiger partial charge in [0.25, 0.3) is 0 Å². The number of halogens is 3. The van der Waals surface area contributed by atoms with Crippen LogP contribution in [0.3, 0.4) is 0 Å². The number of ether oxygens (including phenoxy) is 1. The lowest BCUT2D eigenvalue weighted by Gasteiger charge is -2.06. The predicted octanol–water partition coefficient (Wildman–Crippen LogP) is 3.41. The van der Waals surface area contributed by atoms with Crippen LogP contribution >= 0.6 is 15.9 Å². The fraction of sp³-hybridized carbons (Fsp3) is 0. The largest absolute Gasteiger partial charge is 0.478 e. The van der Waals surface area contributed by atoms with Crippen molar-refractivity contribution >= 4 is 28.0 Å². The molecule has 0 unspecified atom stereocenters. The molecule has 0 atom stereocenters. The Morgan fingerprint density at radius 2 is 1.95 bits per heavy atom. The minimum atomic E-state index is -1.16. The summed E-state index contributed by atoms with van der Waals surface area (Å²) < 4.78 is 32.0. The molecule has 2 rings (SSSR count). The molecule has 0 aliphatic rings. The molecule has 0 aliphatic carbocycles. The second-order valence-electron chi connectivity index (χ2n) is 3.77. The van der Waals surface area contributed by atoms with Crippen molar-refractivity contribution in [2.75, 3.05) is 0 Å². The molecule has 0 saturated carbocycles. The fourth-order valence-corrected chi connectivity index (χ4v) is 1.75. The van der Waals surface area contributed by atoms with E-state index in [1.807, 2.05) is 0 Å². The van der Waals surface area contributed by atoms with Crippen LogP contribution in [-0.4, -0.2) is 21.0 Å². The first kappa shape index (κ1) is 15.0. The van der Waals surface area contributed by atoms with Crippen LogP contribution in [0.2, 0.25) is 0 Å². The van der Waals surface area contributed by atoms with Gasteiger partial charge in [0.15, 0.2) is 11.6 Å². The Labute approximate surface area is 126 Å². The molecule has 0 fully saturated rings. The van der Waals surface area contributed by atoms with E-state index in [-0.39, 0.29) is 11.8 Å². The fourth-order valence-electron chi connectivity index (χ4n) is 1.34. The monoisotopic (exact) mass is 356 g/mol. The summed E-state index contributed by atoms with van der Waals surface area (Å²) in [7, 11) is 0. The van der Waals surface area contributed by atoms with Crippen molar-refractivity contribution < 1.29 is 23.4 Å². The number of nitrogens with zero attached hydrogens (tertiary/aromatic N) is 2. The van der Waals surface area contributed by atoms with Crippen molar-refractivity contribution in [2.24, 2.45) is 0 Å². The average Bonchev–Trinajstić information content (AvgIpc) is 2.43. The van der Waals surface area contributed by atoms with Crippen molar-refractivity contribution in [1.82, 2.24) is 9.97 Å². The Morgan fingerprint density at radius 1 is 1.29 bits per heavy atom. The summed E-state index contributed by atoms with van der Waals surface area (Å²) >= 11 is 3.01. The highest BCUT2D eigenvalue weighted by atomic mass is 79.9. The molecule has 1 aromatic heterocycles. The van der Waals surface area contributed by atoms with Gasteiger partial charge in [-0.25, -0.2) is 19.2 Å². The average molecular weight is 357 g/mol. The molecule has 0 spiro atoms. The zero-order valence-corrected chi connectivity index (χ0v) is 11.8. The summed E-state index contributed by atoms with van der Waals surface area (Å²) in [6.07, 6.45) is 4.77. The molecule has 21 heavy (non-hydrogen) atoms. The standard InChI is InChI=1S/C13H7BrF2N2O3/c14-8-3-9(15)12(16)10(4-8)21-13-17-5-7(6-18-13)1-2-11(19)20/h1-6H,(H,19,20)/b2-1+. The third kappa shape index (κ3) is 4.06.